The number of nitrogens with zero attached hydrogens (tertiary/aromatic N) is 1. The van der Waals surface area contributed by atoms with E-state index in [1.54, 1.807) is 6.07 Å². The van der Waals surface area contributed by atoms with Crippen LogP contribution in [0.5, 0.6) is 0 Å². The van der Waals surface area contributed by atoms with E-state index in [1.165, 1.54) is 0 Å². The van der Waals surface area contributed by atoms with E-state index in [0.29, 0.717) is 5.39 Å². The number of hydrogen-bond acceptors (Lipinski definition) is 4. The van der Waals surface area contributed by atoms with Crippen LogP contribution in [0.3, 0.4) is 0 Å². The minimum Gasteiger partial charge on any atom is -0.372 e. The number of H-pyrrole nitrogens is 1. The zero-order valence-corrected chi connectivity index (χ0v) is 7.75. The number of fused-ring (bicyclic) bond motifs is 1. The Morgan fingerprint density at radius 3 is 2.79 bits per heavy atom. The highest BCUT2D eigenvalue weighted by Crippen LogP contribution is 2.08. The molecular formula is C9H8N2O3. The van der Waals surface area contributed by atoms with Gasteiger partial charge in [0.25, 0.3) is 0 Å². The first kappa shape index (κ1) is 8.68. The molecule has 0 aromatic carbocycles. The summed E-state index contributed by atoms with van der Waals surface area (Å²) < 4.78 is 4.38. The minimum absolute atomic E-state index is 0.273. The van der Waals surface area contributed by atoms with Gasteiger partial charge < -0.3 is 4.42 Å². The number of pyridine rings is 1. The zero-order chi connectivity index (χ0) is 10.3. The minimum atomic E-state index is -0.779. The maximum absolute atomic E-state index is 11.2. The summed E-state index contributed by atoms with van der Waals surface area (Å²) in [6.45, 7) is 3.65. The summed E-state index contributed by atoms with van der Waals surface area (Å²) in [5, 5.41) is 0.299. The molecule has 0 saturated heterocycles. The SMILES string of the molecule is Cc1cc2c(=O)oc(=O)[nH]c2nc1C. The molecule has 0 aliphatic heterocycles. The zero-order valence-electron chi connectivity index (χ0n) is 7.75. The van der Waals surface area contributed by atoms with Crippen LogP contribution in [-0.4, -0.2) is 9.97 Å². The Morgan fingerprint density at radius 1 is 1.36 bits per heavy atom. The fourth-order valence-electron chi connectivity index (χ4n) is 1.22. The van der Waals surface area contributed by atoms with Crippen LogP contribution in [0, 0.1) is 13.8 Å². The third-order valence-electron chi connectivity index (χ3n) is 2.09. The molecule has 0 unspecified atom stereocenters. The molecule has 14 heavy (non-hydrogen) atoms. The molecule has 5 nitrogen and oxygen atoms in total. The van der Waals surface area contributed by atoms with Gasteiger partial charge in [-0.1, -0.05) is 0 Å². The number of aryl methyl sites for hydroxylation is 2. The Bertz CT molecular complexity index is 609. The second-order valence-corrected chi connectivity index (χ2v) is 3.09. The second kappa shape index (κ2) is 2.80. The van der Waals surface area contributed by atoms with Gasteiger partial charge >= 0.3 is 11.4 Å². The molecule has 0 bridgehead atoms. The standard InChI is InChI=1S/C9H8N2O3/c1-4-3-6-7(10-5(4)2)11-9(13)14-8(6)12/h3H,1-2H3,(H,10,11,13). The van der Waals surface area contributed by atoms with Crippen LogP contribution in [0.4, 0.5) is 0 Å². The van der Waals surface area contributed by atoms with Gasteiger partial charge in [0.15, 0.2) is 0 Å². The Hall–Kier alpha value is -1.91. The van der Waals surface area contributed by atoms with E-state index < -0.39 is 11.4 Å². The lowest BCUT2D eigenvalue weighted by Crippen LogP contribution is -2.15. The summed E-state index contributed by atoms with van der Waals surface area (Å²) in [6, 6.07) is 1.65. The molecule has 0 saturated carbocycles. The fraction of sp³-hybridized carbons (Fsp3) is 0.222. The highest BCUT2D eigenvalue weighted by atomic mass is 16.4. The molecule has 1 N–H and O–H groups in total. The number of aromatic nitrogens is 2. The van der Waals surface area contributed by atoms with E-state index in [-0.39, 0.29) is 5.65 Å². The predicted molar refractivity (Wildman–Crippen MR) is 50.4 cm³/mol. The Morgan fingerprint density at radius 2 is 2.07 bits per heavy atom. The van der Waals surface area contributed by atoms with Crippen LogP contribution < -0.4 is 11.4 Å². The van der Waals surface area contributed by atoms with Crippen molar-refractivity contribution >= 4 is 11.0 Å². The largest absolute Gasteiger partial charge is 0.420 e. The van der Waals surface area contributed by atoms with Crippen molar-refractivity contribution in [2.24, 2.45) is 0 Å². The lowest BCUT2D eigenvalue weighted by atomic mass is 10.2. The van der Waals surface area contributed by atoms with Crippen LogP contribution in [0.15, 0.2) is 20.1 Å². The van der Waals surface area contributed by atoms with Crippen LogP contribution in [-0.2, 0) is 0 Å². The molecule has 2 aromatic heterocycles. The number of nitrogens with one attached hydrogen (secondary N) is 1. The first-order valence-electron chi connectivity index (χ1n) is 4.09. The van der Waals surface area contributed by atoms with Crippen molar-refractivity contribution in [2.75, 3.05) is 0 Å². The van der Waals surface area contributed by atoms with Gasteiger partial charge in [0.2, 0.25) is 0 Å². The maximum atomic E-state index is 11.2. The molecular weight excluding hydrogens is 184 g/mol. The van der Waals surface area contributed by atoms with Crippen molar-refractivity contribution < 1.29 is 4.42 Å². The number of aromatic amines is 1. The van der Waals surface area contributed by atoms with E-state index in [0.717, 1.165) is 11.3 Å². The Kier molecular flexibility index (Phi) is 1.73. The fourth-order valence-corrected chi connectivity index (χ4v) is 1.22. The molecule has 2 rings (SSSR count). The molecule has 0 amide bonds. The smallest absolute Gasteiger partial charge is 0.372 e. The first-order chi connectivity index (χ1) is 6.58. The maximum Gasteiger partial charge on any atom is 0.420 e. The molecule has 0 spiro atoms. The molecule has 0 aliphatic rings. The van der Waals surface area contributed by atoms with Gasteiger partial charge in [-0.05, 0) is 25.5 Å². The highest BCUT2D eigenvalue weighted by Gasteiger charge is 2.05. The van der Waals surface area contributed by atoms with Crippen molar-refractivity contribution in [3.8, 4) is 0 Å². The average Bonchev–Trinajstić information content (AvgIpc) is 2.08. The predicted octanol–water partition coefficient (Wildman–Crippen LogP) is 0.493. The average molecular weight is 192 g/mol. The van der Waals surface area contributed by atoms with Crippen molar-refractivity contribution in [3.05, 3.63) is 38.3 Å². The summed E-state index contributed by atoms with van der Waals surface area (Å²) in [5.41, 5.74) is 1.28. The first-order valence-corrected chi connectivity index (χ1v) is 4.09. The summed E-state index contributed by atoms with van der Waals surface area (Å²) in [7, 11) is 0. The number of hydrogen-bond donors (Lipinski definition) is 1. The molecule has 0 atom stereocenters. The molecule has 0 fully saturated rings. The van der Waals surface area contributed by atoms with E-state index in [4.69, 9.17) is 0 Å². The van der Waals surface area contributed by atoms with Crippen molar-refractivity contribution in [2.45, 2.75) is 13.8 Å². The lowest BCUT2D eigenvalue weighted by Gasteiger charge is -1.99. The van der Waals surface area contributed by atoms with Gasteiger partial charge in [-0.2, -0.15) is 0 Å². The lowest BCUT2D eigenvalue weighted by molar-refractivity contribution is 0.459. The summed E-state index contributed by atoms with van der Waals surface area (Å²) >= 11 is 0. The van der Waals surface area contributed by atoms with Crippen LogP contribution in [0.25, 0.3) is 11.0 Å². The van der Waals surface area contributed by atoms with Crippen molar-refractivity contribution in [1.29, 1.82) is 0 Å². The molecule has 2 heterocycles. The van der Waals surface area contributed by atoms with E-state index in [9.17, 15) is 9.59 Å². The summed E-state index contributed by atoms with van der Waals surface area (Å²) in [6.07, 6.45) is 0. The monoisotopic (exact) mass is 192 g/mol. The van der Waals surface area contributed by atoms with Gasteiger partial charge in [-0.25, -0.2) is 14.6 Å². The third-order valence-corrected chi connectivity index (χ3v) is 2.09. The topological polar surface area (TPSA) is 76.0 Å². The van der Waals surface area contributed by atoms with E-state index in [2.05, 4.69) is 14.4 Å². The van der Waals surface area contributed by atoms with Crippen LogP contribution >= 0.6 is 0 Å². The third kappa shape index (κ3) is 1.22. The quantitative estimate of drug-likeness (QED) is 0.659. The Labute approximate surface area is 78.4 Å². The molecule has 5 heteroatoms. The van der Waals surface area contributed by atoms with Crippen molar-refractivity contribution in [1.82, 2.24) is 9.97 Å². The van der Waals surface area contributed by atoms with Gasteiger partial charge in [0.05, 0.1) is 0 Å². The number of rotatable bonds is 0. The van der Waals surface area contributed by atoms with Gasteiger partial charge in [0, 0.05) is 5.69 Å². The van der Waals surface area contributed by atoms with Gasteiger partial charge in [0.1, 0.15) is 11.0 Å². The summed E-state index contributed by atoms with van der Waals surface area (Å²) in [4.78, 5) is 28.5. The highest BCUT2D eigenvalue weighted by molar-refractivity contribution is 5.73. The van der Waals surface area contributed by atoms with Crippen LogP contribution in [0.1, 0.15) is 11.3 Å². The van der Waals surface area contributed by atoms with Gasteiger partial charge in [-0.15, -0.1) is 0 Å². The van der Waals surface area contributed by atoms with E-state index >= 15 is 0 Å². The van der Waals surface area contributed by atoms with Crippen molar-refractivity contribution in [3.63, 3.8) is 0 Å². The molecule has 0 radical (unpaired) electrons. The molecule has 0 aliphatic carbocycles. The van der Waals surface area contributed by atoms with Crippen LogP contribution in [0.2, 0.25) is 0 Å². The molecule has 72 valence electrons. The normalized spacial score (nSPS) is 10.7. The Balaban J connectivity index is 3.03. The van der Waals surface area contributed by atoms with E-state index in [1.807, 2.05) is 13.8 Å². The summed E-state index contributed by atoms with van der Waals surface area (Å²) in [5.74, 6) is -0.779. The second-order valence-electron chi connectivity index (χ2n) is 3.09. The molecule has 2 aromatic rings. The van der Waals surface area contributed by atoms with Gasteiger partial charge in [-0.3, -0.25) is 4.98 Å².